The number of aromatic nitrogens is 1. The van der Waals surface area contributed by atoms with Gasteiger partial charge in [-0.3, -0.25) is 0 Å². The molecule has 0 bridgehead atoms. The molecule has 1 aromatic rings. The second kappa shape index (κ2) is 4.93. The zero-order valence-corrected chi connectivity index (χ0v) is 8.64. The summed E-state index contributed by atoms with van der Waals surface area (Å²) in [6.45, 7) is 2.64. The molecule has 0 aromatic carbocycles. The van der Waals surface area contributed by atoms with Crippen molar-refractivity contribution in [2.75, 3.05) is 25.1 Å². The number of aliphatic hydroxyl groups is 1. The van der Waals surface area contributed by atoms with Crippen LogP contribution in [0.25, 0.3) is 0 Å². The standard InChI is InChI=1S/C10H17N3O/c1-8(11)9-3-4-12-10(7-9)13(2)5-6-14/h3-4,7-8,14H,5-6,11H2,1-2H3/t8-/m1/s1. The van der Waals surface area contributed by atoms with Crippen LogP contribution in [0.4, 0.5) is 5.82 Å². The van der Waals surface area contributed by atoms with E-state index < -0.39 is 0 Å². The third kappa shape index (κ3) is 2.68. The van der Waals surface area contributed by atoms with Crippen LogP contribution in [0.5, 0.6) is 0 Å². The van der Waals surface area contributed by atoms with E-state index in [2.05, 4.69) is 4.98 Å². The van der Waals surface area contributed by atoms with E-state index in [9.17, 15) is 0 Å². The van der Waals surface area contributed by atoms with Gasteiger partial charge >= 0.3 is 0 Å². The lowest BCUT2D eigenvalue weighted by Gasteiger charge is -2.17. The predicted molar refractivity (Wildman–Crippen MR) is 57.2 cm³/mol. The molecule has 1 atom stereocenters. The second-order valence-electron chi connectivity index (χ2n) is 3.38. The van der Waals surface area contributed by atoms with Gasteiger partial charge in [-0.25, -0.2) is 4.98 Å². The molecule has 0 unspecified atom stereocenters. The van der Waals surface area contributed by atoms with E-state index >= 15 is 0 Å². The first-order valence-corrected chi connectivity index (χ1v) is 4.68. The normalized spacial score (nSPS) is 12.6. The summed E-state index contributed by atoms with van der Waals surface area (Å²) in [5.74, 6) is 0.842. The van der Waals surface area contributed by atoms with Crippen molar-refractivity contribution in [3.05, 3.63) is 23.9 Å². The Morgan fingerprint density at radius 2 is 2.36 bits per heavy atom. The molecule has 4 nitrogen and oxygen atoms in total. The molecule has 1 aromatic heterocycles. The van der Waals surface area contributed by atoms with Crippen LogP contribution in [0.15, 0.2) is 18.3 Å². The lowest BCUT2D eigenvalue weighted by atomic mass is 10.1. The number of hydrogen-bond acceptors (Lipinski definition) is 4. The second-order valence-corrected chi connectivity index (χ2v) is 3.38. The number of nitrogens with zero attached hydrogens (tertiary/aromatic N) is 2. The number of nitrogens with two attached hydrogens (primary N) is 1. The largest absolute Gasteiger partial charge is 0.395 e. The summed E-state index contributed by atoms with van der Waals surface area (Å²) < 4.78 is 0. The molecular formula is C10H17N3O. The molecule has 0 aliphatic heterocycles. The van der Waals surface area contributed by atoms with Crippen LogP contribution >= 0.6 is 0 Å². The summed E-state index contributed by atoms with van der Waals surface area (Å²) in [7, 11) is 1.89. The van der Waals surface area contributed by atoms with E-state index in [1.165, 1.54) is 0 Å². The van der Waals surface area contributed by atoms with Crippen molar-refractivity contribution in [2.24, 2.45) is 5.73 Å². The lowest BCUT2D eigenvalue weighted by molar-refractivity contribution is 0.304. The van der Waals surface area contributed by atoms with Crippen molar-refractivity contribution in [1.82, 2.24) is 4.98 Å². The molecule has 0 radical (unpaired) electrons. The third-order valence-electron chi connectivity index (χ3n) is 2.12. The van der Waals surface area contributed by atoms with Crippen LogP contribution in [0, 0.1) is 0 Å². The third-order valence-corrected chi connectivity index (χ3v) is 2.12. The monoisotopic (exact) mass is 195 g/mol. The van der Waals surface area contributed by atoms with E-state index in [1.54, 1.807) is 6.20 Å². The van der Waals surface area contributed by atoms with Gasteiger partial charge in [-0.05, 0) is 24.6 Å². The molecule has 0 spiro atoms. The highest BCUT2D eigenvalue weighted by molar-refractivity contribution is 5.40. The number of pyridine rings is 1. The van der Waals surface area contributed by atoms with Gasteiger partial charge in [-0.1, -0.05) is 0 Å². The van der Waals surface area contributed by atoms with Gasteiger partial charge in [0.25, 0.3) is 0 Å². The first kappa shape index (κ1) is 10.9. The molecule has 0 saturated heterocycles. The van der Waals surface area contributed by atoms with Gasteiger partial charge in [0.05, 0.1) is 6.61 Å². The Morgan fingerprint density at radius 1 is 1.64 bits per heavy atom. The Kier molecular flexibility index (Phi) is 3.85. The first-order chi connectivity index (χ1) is 6.65. The van der Waals surface area contributed by atoms with Gasteiger partial charge in [-0.15, -0.1) is 0 Å². The number of rotatable bonds is 4. The average molecular weight is 195 g/mol. The predicted octanol–water partition coefficient (Wildman–Crippen LogP) is 0.530. The number of aliphatic hydroxyl groups excluding tert-OH is 1. The van der Waals surface area contributed by atoms with Gasteiger partial charge < -0.3 is 15.7 Å². The fourth-order valence-corrected chi connectivity index (χ4v) is 1.19. The summed E-state index contributed by atoms with van der Waals surface area (Å²) in [6.07, 6.45) is 1.74. The molecule has 1 rings (SSSR count). The first-order valence-electron chi connectivity index (χ1n) is 4.68. The number of hydrogen-bond donors (Lipinski definition) is 2. The molecule has 0 amide bonds. The van der Waals surface area contributed by atoms with Gasteiger partial charge in [-0.2, -0.15) is 0 Å². The van der Waals surface area contributed by atoms with Crippen LogP contribution in [0.2, 0.25) is 0 Å². The zero-order chi connectivity index (χ0) is 10.6. The Labute approximate surface area is 84.4 Å². The smallest absolute Gasteiger partial charge is 0.128 e. The maximum atomic E-state index is 8.78. The van der Waals surface area contributed by atoms with Gasteiger partial charge in [0.15, 0.2) is 0 Å². The highest BCUT2D eigenvalue weighted by atomic mass is 16.3. The van der Waals surface area contributed by atoms with Gasteiger partial charge in [0.1, 0.15) is 5.82 Å². The molecule has 0 aliphatic rings. The van der Waals surface area contributed by atoms with Crippen molar-refractivity contribution in [2.45, 2.75) is 13.0 Å². The number of likely N-dealkylation sites (N-methyl/N-ethyl adjacent to an activating group) is 1. The average Bonchev–Trinajstić information content (AvgIpc) is 2.18. The van der Waals surface area contributed by atoms with Crippen LogP contribution < -0.4 is 10.6 Å². The van der Waals surface area contributed by atoms with E-state index in [0.717, 1.165) is 11.4 Å². The molecule has 4 heteroatoms. The Bertz CT molecular complexity index is 288. The molecule has 14 heavy (non-hydrogen) atoms. The van der Waals surface area contributed by atoms with Gasteiger partial charge in [0, 0.05) is 25.8 Å². The van der Waals surface area contributed by atoms with Crippen molar-refractivity contribution in [3.8, 4) is 0 Å². The topological polar surface area (TPSA) is 62.4 Å². The van der Waals surface area contributed by atoms with E-state index in [4.69, 9.17) is 10.8 Å². The van der Waals surface area contributed by atoms with Crippen molar-refractivity contribution in [1.29, 1.82) is 0 Å². The molecule has 78 valence electrons. The summed E-state index contributed by atoms with van der Waals surface area (Å²) in [5, 5.41) is 8.78. The van der Waals surface area contributed by atoms with E-state index in [-0.39, 0.29) is 12.6 Å². The molecular weight excluding hydrogens is 178 g/mol. The molecule has 0 aliphatic carbocycles. The van der Waals surface area contributed by atoms with Crippen LogP contribution in [-0.4, -0.2) is 30.3 Å². The van der Waals surface area contributed by atoms with Gasteiger partial charge in [0.2, 0.25) is 0 Å². The lowest BCUT2D eigenvalue weighted by Crippen LogP contribution is -2.22. The van der Waals surface area contributed by atoms with Crippen molar-refractivity contribution >= 4 is 5.82 Å². The summed E-state index contributed by atoms with van der Waals surface area (Å²) >= 11 is 0. The Hall–Kier alpha value is -1.13. The fourth-order valence-electron chi connectivity index (χ4n) is 1.19. The van der Waals surface area contributed by atoms with Crippen LogP contribution in [0.3, 0.4) is 0 Å². The van der Waals surface area contributed by atoms with Crippen molar-refractivity contribution in [3.63, 3.8) is 0 Å². The fraction of sp³-hybridized carbons (Fsp3) is 0.500. The maximum Gasteiger partial charge on any atom is 0.128 e. The van der Waals surface area contributed by atoms with Crippen molar-refractivity contribution < 1.29 is 5.11 Å². The quantitative estimate of drug-likeness (QED) is 0.735. The molecule has 1 heterocycles. The summed E-state index contributed by atoms with van der Waals surface area (Å²) in [6, 6.07) is 3.86. The summed E-state index contributed by atoms with van der Waals surface area (Å²) in [5.41, 5.74) is 6.82. The Balaban J connectivity index is 2.82. The molecule has 0 fully saturated rings. The number of anilines is 1. The highest BCUT2D eigenvalue weighted by Gasteiger charge is 2.04. The van der Waals surface area contributed by atoms with Crippen LogP contribution in [0.1, 0.15) is 18.5 Å². The highest BCUT2D eigenvalue weighted by Crippen LogP contribution is 2.15. The maximum absolute atomic E-state index is 8.78. The Morgan fingerprint density at radius 3 is 2.93 bits per heavy atom. The molecule has 3 N–H and O–H groups in total. The molecule has 0 saturated carbocycles. The SMILES string of the molecule is C[C@@H](N)c1ccnc(N(C)CCO)c1. The minimum Gasteiger partial charge on any atom is -0.395 e. The zero-order valence-electron chi connectivity index (χ0n) is 8.64. The van der Waals surface area contributed by atoms with Crippen LogP contribution in [-0.2, 0) is 0 Å². The summed E-state index contributed by atoms with van der Waals surface area (Å²) in [4.78, 5) is 6.09. The van der Waals surface area contributed by atoms with E-state index in [0.29, 0.717) is 6.54 Å². The minimum atomic E-state index is 0.0132. The minimum absolute atomic E-state index is 0.0132. The van der Waals surface area contributed by atoms with E-state index in [1.807, 2.05) is 31.0 Å².